The van der Waals surface area contributed by atoms with Gasteiger partial charge in [-0.15, -0.1) is 0 Å². The Balaban J connectivity index is 1.41. The lowest BCUT2D eigenvalue weighted by atomic mass is 10.2. The third-order valence-electron chi connectivity index (χ3n) is 3.89. The van der Waals surface area contributed by atoms with Crippen molar-refractivity contribution in [3.8, 4) is 0 Å². The van der Waals surface area contributed by atoms with Gasteiger partial charge in [0.1, 0.15) is 12.1 Å². The summed E-state index contributed by atoms with van der Waals surface area (Å²) in [6, 6.07) is 8.48. The second-order valence-corrected chi connectivity index (χ2v) is 5.52. The summed E-state index contributed by atoms with van der Waals surface area (Å²) in [5, 5.41) is 3.95. The first-order valence-corrected chi connectivity index (χ1v) is 7.56. The minimum atomic E-state index is -0.194. The van der Waals surface area contributed by atoms with E-state index in [9.17, 15) is 4.39 Å². The number of halogens is 1. The highest BCUT2D eigenvalue weighted by molar-refractivity contribution is 5.48. The Morgan fingerprint density at radius 2 is 1.77 bits per heavy atom. The molecule has 4 nitrogen and oxygen atoms in total. The summed E-state index contributed by atoms with van der Waals surface area (Å²) < 4.78 is 17.7. The average molecular weight is 301 g/mol. The normalized spacial score (nSPS) is 17.3. The summed E-state index contributed by atoms with van der Waals surface area (Å²) in [4.78, 5) is 4.80. The van der Waals surface area contributed by atoms with Gasteiger partial charge in [-0.2, -0.15) is 0 Å². The third-order valence-corrected chi connectivity index (χ3v) is 3.89. The molecule has 3 rings (SSSR count). The molecule has 2 aromatic rings. The molecular weight excluding hydrogens is 281 g/mol. The molecule has 0 radical (unpaired) electrons. The van der Waals surface area contributed by atoms with Gasteiger partial charge in [0.15, 0.2) is 0 Å². The summed E-state index contributed by atoms with van der Waals surface area (Å²) in [7, 11) is 0. The molecule has 2 heterocycles. The Morgan fingerprint density at radius 3 is 2.45 bits per heavy atom. The van der Waals surface area contributed by atoms with Crippen LogP contribution in [0, 0.1) is 5.82 Å². The van der Waals surface area contributed by atoms with Crippen LogP contribution in [0.15, 0.2) is 47.2 Å². The van der Waals surface area contributed by atoms with Crippen LogP contribution >= 0.6 is 0 Å². The second kappa shape index (κ2) is 7.33. The van der Waals surface area contributed by atoms with Gasteiger partial charge in [-0.25, -0.2) is 4.39 Å². The summed E-state index contributed by atoms with van der Waals surface area (Å²) >= 11 is 0. The van der Waals surface area contributed by atoms with Gasteiger partial charge in [0.25, 0.3) is 0 Å². The maximum absolute atomic E-state index is 12.8. The lowest BCUT2D eigenvalue weighted by molar-refractivity contribution is 0.134. The monoisotopic (exact) mass is 301 g/mol. The Kier molecular flexibility index (Phi) is 4.98. The Morgan fingerprint density at radius 1 is 1.05 bits per heavy atom. The van der Waals surface area contributed by atoms with Crippen molar-refractivity contribution >= 4 is 6.08 Å². The molecule has 1 fully saturated rings. The molecule has 0 unspecified atom stereocenters. The molecule has 1 aliphatic rings. The van der Waals surface area contributed by atoms with Crippen molar-refractivity contribution in [2.24, 2.45) is 0 Å². The molecule has 0 spiro atoms. The zero-order chi connectivity index (χ0) is 15.2. The highest BCUT2D eigenvalue weighted by Gasteiger charge is 2.16. The van der Waals surface area contributed by atoms with Crippen LogP contribution in [0.25, 0.3) is 6.08 Å². The highest BCUT2D eigenvalue weighted by Crippen LogP contribution is 2.08. The number of hydrogen-bond acceptors (Lipinski definition) is 4. The number of nitrogens with zero attached hydrogens (tertiary/aromatic N) is 3. The molecule has 1 aromatic heterocycles. The second-order valence-electron chi connectivity index (χ2n) is 5.52. The number of aromatic nitrogens is 1. The van der Waals surface area contributed by atoms with Crippen molar-refractivity contribution < 1.29 is 8.91 Å². The maximum atomic E-state index is 12.8. The van der Waals surface area contributed by atoms with Crippen LogP contribution in [0.1, 0.15) is 11.3 Å². The average Bonchev–Trinajstić information content (AvgIpc) is 3.04. The van der Waals surface area contributed by atoms with Crippen molar-refractivity contribution in [3.05, 3.63) is 59.7 Å². The molecule has 1 aromatic carbocycles. The summed E-state index contributed by atoms with van der Waals surface area (Å²) in [5.74, 6) is -0.194. The van der Waals surface area contributed by atoms with Gasteiger partial charge in [0.2, 0.25) is 0 Å². The van der Waals surface area contributed by atoms with Gasteiger partial charge in [-0.1, -0.05) is 29.4 Å². The molecule has 0 atom stereocenters. The third kappa shape index (κ3) is 4.26. The van der Waals surface area contributed by atoms with Crippen LogP contribution in [-0.2, 0) is 6.54 Å². The van der Waals surface area contributed by atoms with Gasteiger partial charge in [0.05, 0.1) is 5.69 Å². The number of benzene rings is 1. The van der Waals surface area contributed by atoms with E-state index >= 15 is 0 Å². The van der Waals surface area contributed by atoms with Gasteiger partial charge in [-0.3, -0.25) is 9.80 Å². The van der Waals surface area contributed by atoms with Crippen LogP contribution in [0.2, 0.25) is 0 Å². The SMILES string of the molecule is Fc1ccc(/C=C/CN2CCN(Cc3ccon3)CC2)cc1. The van der Waals surface area contributed by atoms with Crippen LogP contribution in [-0.4, -0.2) is 47.7 Å². The molecule has 0 aliphatic carbocycles. The lowest BCUT2D eigenvalue weighted by Gasteiger charge is -2.33. The van der Waals surface area contributed by atoms with E-state index in [0.717, 1.165) is 50.5 Å². The van der Waals surface area contributed by atoms with Gasteiger partial charge >= 0.3 is 0 Å². The summed E-state index contributed by atoms with van der Waals surface area (Å²) in [6.45, 7) is 5.96. The van der Waals surface area contributed by atoms with Crippen molar-refractivity contribution in [1.82, 2.24) is 15.0 Å². The predicted octanol–water partition coefficient (Wildman–Crippen LogP) is 2.64. The van der Waals surface area contributed by atoms with Crippen LogP contribution in [0.5, 0.6) is 0 Å². The first kappa shape index (κ1) is 14.9. The van der Waals surface area contributed by atoms with Crippen molar-refractivity contribution in [3.63, 3.8) is 0 Å². The molecule has 116 valence electrons. The minimum Gasteiger partial charge on any atom is -0.364 e. The Bertz CT molecular complexity index is 587. The van der Waals surface area contributed by atoms with E-state index in [-0.39, 0.29) is 5.82 Å². The number of rotatable bonds is 5. The van der Waals surface area contributed by atoms with Gasteiger partial charge < -0.3 is 4.52 Å². The maximum Gasteiger partial charge on any atom is 0.124 e. The fraction of sp³-hybridized carbons (Fsp3) is 0.353. The topological polar surface area (TPSA) is 32.5 Å². The molecule has 0 N–H and O–H groups in total. The fourth-order valence-electron chi connectivity index (χ4n) is 2.59. The highest BCUT2D eigenvalue weighted by atomic mass is 19.1. The van der Waals surface area contributed by atoms with Gasteiger partial charge in [0, 0.05) is 45.3 Å². The van der Waals surface area contributed by atoms with Crippen LogP contribution < -0.4 is 0 Å². The van der Waals surface area contributed by atoms with E-state index in [4.69, 9.17) is 4.52 Å². The molecule has 5 heteroatoms. The first-order chi connectivity index (χ1) is 10.8. The standard InChI is InChI=1S/C17H20FN3O/c18-16-5-3-15(4-6-16)2-1-8-20-9-11-21(12-10-20)14-17-7-13-22-19-17/h1-7,13H,8-12,14H2/b2-1+. The van der Waals surface area contributed by atoms with Crippen molar-refractivity contribution in [1.29, 1.82) is 0 Å². The van der Waals surface area contributed by atoms with E-state index in [0.29, 0.717) is 0 Å². The Labute approximate surface area is 129 Å². The molecule has 0 bridgehead atoms. The molecule has 1 aliphatic heterocycles. The van der Waals surface area contributed by atoms with Gasteiger partial charge in [-0.05, 0) is 17.7 Å². The largest absolute Gasteiger partial charge is 0.364 e. The zero-order valence-electron chi connectivity index (χ0n) is 12.5. The van der Waals surface area contributed by atoms with E-state index < -0.39 is 0 Å². The predicted molar refractivity (Wildman–Crippen MR) is 83.7 cm³/mol. The first-order valence-electron chi connectivity index (χ1n) is 7.56. The van der Waals surface area contributed by atoms with E-state index in [1.165, 1.54) is 12.1 Å². The Hall–Kier alpha value is -1.98. The molecule has 1 saturated heterocycles. The zero-order valence-corrected chi connectivity index (χ0v) is 12.5. The van der Waals surface area contributed by atoms with E-state index in [2.05, 4.69) is 21.0 Å². The molecule has 0 amide bonds. The van der Waals surface area contributed by atoms with Crippen molar-refractivity contribution in [2.45, 2.75) is 6.54 Å². The van der Waals surface area contributed by atoms with Crippen molar-refractivity contribution in [2.75, 3.05) is 32.7 Å². The smallest absolute Gasteiger partial charge is 0.124 e. The van der Waals surface area contributed by atoms with Crippen LogP contribution in [0.3, 0.4) is 0 Å². The number of hydrogen-bond donors (Lipinski definition) is 0. The quantitative estimate of drug-likeness (QED) is 0.850. The molecule has 22 heavy (non-hydrogen) atoms. The molecular formula is C17H20FN3O. The van der Waals surface area contributed by atoms with Crippen LogP contribution in [0.4, 0.5) is 4.39 Å². The lowest BCUT2D eigenvalue weighted by Crippen LogP contribution is -2.45. The van der Waals surface area contributed by atoms with E-state index in [1.807, 2.05) is 12.1 Å². The summed E-state index contributed by atoms with van der Waals surface area (Å²) in [5.41, 5.74) is 2.02. The fourth-order valence-corrected chi connectivity index (χ4v) is 2.59. The summed E-state index contributed by atoms with van der Waals surface area (Å²) in [6.07, 6.45) is 5.80. The molecule has 0 saturated carbocycles. The minimum absolute atomic E-state index is 0.194. The number of piperazine rings is 1. The van der Waals surface area contributed by atoms with E-state index in [1.54, 1.807) is 18.4 Å².